The van der Waals surface area contributed by atoms with Crippen LogP contribution in [-0.4, -0.2) is 24.7 Å². The van der Waals surface area contributed by atoms with E-state index >= 15 is 0 Å². The van der Waals surface area contributed by atoms with E-state index in [0.29, 0.717) is 13.1 Å². The molecule has 0 aromatic rings. The second-order valence-electron chi connectivity index (χ2n) is 3.22. The topological polar surface area (TPSA) is 73.6 Å². The first-order valence-corrected chi connectivity index (χ1v) is 3.65. The van der Waals surface area contributed by atoms with E-state index in [9.17, 15) is 0 Å². The van der Waals surface area contributed by atoms with Crippen LogP contribution in [0.25, 0.3) is 0 Å². The summed E-state index contributed by atoms with van der Waals surface area (Å²) in [4.78, 5) is 3.88. The minimum absolute atomic E-state index is 0.211. The molecule has 4 heteroatoms. The van der Waals surface area contributed by atoms with Gasteiger partial charge in [0.05, 0.1) is 6.54 Å². The Balaban J connectivity index is 3.76. The molecule has 0 heterocycles. The van der Waals surface area contributed by atoms with Crippen LogP contribution >= 0.6 is 0 Å². The number of ether oxygens (including phenoxy) is 1. The van der Waals surface area contributed by atoms with Crippen molar-refractivity contribution in [1.82, 2.24) is 0 Å². The Morgan fingerprint density at radius 1 is 1.45 bits per heavy atom. The smallest absolute Gasteiger partial charge is 0.282 e. The normalized spacial score (nSPS) is 13.3. The molecule has 4 N–H and O–H groups in total. The number of nitrogens with two attached hydrogens (primary N) is 2. The Bertz CT molecular complexity index is 137. The van der Waals surface area contributed by atoms with Gasteiger partial charge in [0.25, 0.3) is 6.02 Å². The van der Waals surface area contributed by atoms with Crippen molar-refractivity contribution in [3.05, 3.63) is 0 Å². The summed E-state index contributed by atoms with van der Waals surface area (Å²) in [5.41, 5.74) is 10.4. The molecule has 0 saturated heterocycles. The fraction of sp³-hybridized carbons (Fsp3) is 0.857. The fourth-order valence-corrected chi connectivity index (χ4v) is 0.521. The molecule has 0 amide bonds. The predicted octanol–water partition coefficient (Wildman–Crippen LogP) is 0.0749. The van der Waals surface area contributed by atoms with Gasteiger partial charge in [-0.15, -0.1) is 0 Å². The van der Waals surface area contributed by atoms with Crippen LogP contribution in [0.15, 0.2) is 4.99 Å². The molecule has 0 aromatic carbocycles. The molecule has 4 nitrogen and oxygen atoms in total. The van der Waals surface area contributed by atoms with Crippen LogP contribution < -0.4 is 11.5 Å². The molecule has 0 bridgehead atoms. The van der Waals surface area contributed by atoms with E-state index in [1.807, 2.05) is 20.8 Å². The van der Waals surface area contributed by atoms with E-state index in [1.54, 1.807) is 0 Å². The molecule has 0 atom stereocenters. The predicted molar refractivity (Wildman–Crippen MR) is 46.4 cm³/mol. The second-order valence-corrected chi connectivity index (χ2v) is 3.22. The van der Waals surface area contributed by atoms with Gasteiger partial charge >= 0.3 is 0 Å². The third kappa shape index (κ3) is 7.12. The Hall–Kier alpha value is -0.770. The molecule has 0 fully saturated rings. The standard InChI is InChI=1S/C7H17N3O/c1-7(2,3)11-6(9)10-5-4-8/h4-5,8H2,1-3H3,(H2,9,10). The average Bonchev–Trinajstić information content (AvgIpc) is 1.79. The highest BCUT2D eigenvalue weighted by atomic mass is 16.5. The van der Waals surface area contributed by atoms with Gasteiger partial charge < -0.3 is 16.2 Å². The average molecular weight is 159 g/mol. The fourth-order valence-electron chi connectivity index (χ4n) is 0.521. The number of nitrogens with zero attached hydrogens (tertiary/aromatic N) is 1. The van der Waals surface area contributed by atoms with Gasteiger partial charge in [-0.2, -0.15) is 0 Å². The SMILES string of the molecule is CC(C)(C)OC(N)=NCCN. The quantitative estimate of drug-likeness (QED) is 0.442. The van der Waals surface area contributed by atoms with Gasteiger partial charge in [-0.25, -0.2) is 4.99 Å². The molecule has 0 aliphatic rings. The van der Waals surface area contributed by atoms with Gasteiger partial charge in [-0.3, -0.25) is 0 Å². The summed E-state index contributed by atoms with van der Waals surface area (Å²) in [7, 11) is 0. The van der Waals surface area contributed by atoms with Crippen molar-refractivity contribution < 1.29 is 4.74 Å². The van der Waals surface area contributed by atoms with Crippen molar-refractivity contribution in [2.24, 2.45) is 16.5 Å². The molecule has 0 radical (unpaired) electrons. The van der Waals surface area contributed by atoms with Crippen LogP contribution in [0.1, 0.15) is 20.8 Å². The number of hydrogen-bond acceptors (Lipinski definition) is 3. The van der Waals surface area contributed by atoms with Crippen LogP contribution in [0.4, 0.5) is 0 Å². The van der Waals surface area contributed by atoms with Gasteiger partial charge in [-0.05, 0) is 20.8 Å². The molecule has 0 saturated carbocycles. The zero-order chi connectivity index (χ0) is 8.91. The van der Waals surface area contributed by atoms with E-state index in [0.717, 1.165) is 0 Å². The first kappa shape index (κ1) is 10.2. The minimum atomic E-state index is -0.276. The summed E-state index contributed by atoms with van der Waals surface area (Å²) in [6, 6.07) is 0.211. The van der Waals surface area contributed by atoms with Crippen molar-refractivity contribution >= 4 is 6.02 Å². The Labute approximate surface area is 67.6 Å². The maximum Gasteiger partial charge on any atom is 0.282 e. The Morgan fingerprint density at radius 3 is 2.36 bits per heavy atom. The lowest BCUT2D eigenvalue weighted by Gasteiger charge is -2.19. The molecule has 0 aliphatic carbocycles. The minimum Gasteiger partial charge on any atom is -0.460 e. The van der Waals surface area contributed by atoms with E-state index in [2.05, 4.69) is 4.99 Å². The number of hydrogen-bond donors (Lipinski definition) is 2. The van der Waals surface area contributed by atoms with Gasteiger partial charge in [0.1, 0.15) is 5.60 Å². The van der Waals surface area contributed by atoms with Gasteiger partial charge in [0, 0.05) is 6.54 Å². The lowest BCUT2D eigenvalue weighted by molar-refractivity contribution is 0.113. The van der Waals surface area contributed by atoms with Gasteiger partial charge in [-0.1, -0.05) is 0 Å². The monoisotopic (exact) mass is 159 g/mol. The maximum absolute atomic E-state index is 5.42. The number of aliphatic imine (C=N–C) groups is 1. The van der Waals surface area contributed by atoms with Gasteiger partial charge in [0.15, 0.2) is 0 Å². The number of amidine groups is 1. The third-order valence-corrected chi connectivity index (χ3v) is 0.807. The summed E-state index contributed by atoms with van der Waals surface area (Å²) in [6.07, 6.45) is 0. The highest BCUT2D eigenvalue weighted by molar-refractivity contribution is 5.71. The zero-order valence-corrected chi connectivity index (χ0v) is 7.42. The molecule has 66 valence electrons. The summed E-state index contributed by atoms with van der Waals surface area (Å²) in [5.74, 6) is 0. The van der Waals surface area contributed by atoms with Crippen LogP contribution in [-0.2, 0) is 4.74 Å². The zero-order valence-electron chi connectivity index (χ0n) is 7.42. The van der Waals surface area contributed by atoms with Crippen LogP contribution in [0.3, 0.4) is 0 Å². The highest BCUT2D eigenvalue weighted by Gasteiger charge is 2.11. The Kier molecular flexibility index (Phi) is 3.89. The first-order chi connectivity index (χ1) is 4.95. The number of rotatable bonds is 2. The molecule has 0 rings (SSSR count). The van der Waals surface area contributed by atoms with Crippen LogP contribution in [0.2, 0.25) is 0 Å². The van der Waals surface area contributed by atoms with Crippen molar-refractivity contribution in [3.8, 4) is 0 Å². The molecular formula is C7H17N3O. The maximum atomic E-state index is 5.42. The summed E-state index contributed by atoms with van der Waals surface area (Å²) in [5, 5.41) is 0. The highest BCUT2D eigenvalue weighted by Crippen LogP contribution is 2.05. The van der Waals surface area contributed by atoms with Crippen molar-refractivity contribution in [2.45, 2.75) is 26.4 Å². The van der Waals surface area contributed by atoms with Crippen molar-refractivity contribution in [1.29, 1.82) is 0 Å². The lowest BCUT2D eigenvalue weighted by Crippen LogP contribution is -2.29. The molecule has 0 unspecified atom stereocenters. The van der Waals surface area contributed by atoms with Crippen molar-refractivity contribution in [2.75, 3.05) is 13.1 Å². The van der Waals surface area contributed by atoms with Crippen molar-refractivity contribution in [3.63, 3.8) is 0 Å². The van der Waals surface area contributed by atoms with E-state index in [-0.39, 0.29) is 11.6 Å². The van der Waals surface area contributed by atoms with Crippen LogP contribution in [0.5, 0.6) is 0 Å². The third-order valence-electron chi connectivity index (χ3n) is 0.807. The molecule has 11 heavy (non-hydrogen) atoms. The van der Waals surface area contributed by atoms with E-state index < -0.39 is 0 Å². The summed E-state index contributed by atoms with van der Waals surface area (Å²) in [6.45, 7) is 6.75. The largest absolute Gasteiger partial charge is 0.460 e. The molecule has 0 spiro atoms. The van der Waals surface area contributed by atoms with Crippen LogP contribution in [0, 0.1) is 0 Å². The van der Waals surface area contributed by atoms with E-state index in [1.165, 1.54) is 0 Å². The summed E-state index contributed by atoms with van der Waals surface area (Å²) < 4.78 is 5.21. The first-order valence-electron chi connectivity index (χ1n) is 3.65. The second kappa shape index (κ2) is 4.18. The summed E-state index contributed by atoms with van der Waals surface area (Å²) >= 11 is 0. The van der Waals surface area contributed by atoms with E-state index in [4.69, 9.17) is 16.2 Å². The molecule has 0 aromatic heterocycles. The molecule has 0 aliphatic heterocycles. The lowest BCUT2D eigenvalue weighted by atomic mass is 10.2. The molecular weight excluding hydrogens is 142 g/mol. The van der Waals surface area contributed by atoms with Gasteiger partial charge in [0.2, 0.25) is 0 Å². The Morgan fingerprint density at radius 2 is 2.00 bits per heavy atom.